The highest BCUT2D eigenvalue weighted by atomic mass is 19.4. The number of nitrogens with zero attached hydrogens (tertiary/aromatic N) is 5. The van der Waals surface area contributed by atoms with Crippen molar-refractivity contribution in [3.05, 3.63) is 97.1 Å². The van der Waals surface area contributed by atoms with Gasteiger partial charge in [-0.1, -0.05) is 30.3 Å². The first kappa shape index (κ1) is 44.5. The maximum Gasteiger partial charge on any atom is 0.490 e. The zero-order chi connectivity index (χ0) is 42.6. The Bertz CT molecular complexity index is 2070. The number of anilines is 3. The maximum absolute atomic E-state index is 12.6. The lowest BCUT2D eigenvalue weighted by molar-refractivity contribution is -0.193. The smallest absolute Gasteiger partial charge is 0.475 e. The van der Waals surface area contributed by atoms with E-state index in [2.05, 4.69) is 53.5 Å². The molecule has 3 heterocycles. The van der Waals surface area contributed by atoms with Crippen molar-refractivity contribution in [2.45, 2.75) is 18.5 Å². The number of benzene rings is 3. The van der Waals surface area contributed by atoms with E-state index in [4.69, 9.17) is 29.7 Å². The Balaban J connectivity index is 0.000000341. The van der Waals surface area contributed by atoms with E-state index in [1.54, 1.807) is 6.33 Å². The number of aromatic nitrogens is 4. The van der Waals surface area contributed by atoms with Crippen molar-refractivity contribution >= 4 is 51.9 Å². The van der Waals surface area contributed by atoms with Crippen LogP contribution >= 0.6 is 0 Å². The van der Waals surface area contributed by atoms with Crippen LogP contribution in [-0.2, 0) is 14.4 Å². The summed E-state index contributed by atoms with van der Waals surface area (Å²) < 4.78 is 95.2. The van der Waals surface area contributed by atoms with Gasteiger partial charge in [-0.05, 0) is 48.0 Å². The molecular weight excluding hydrogens is 789 g/mol. The van der Waals surface area contributed by atoms with Crippen molar-refractivity contribution in [1.29, 1.82) is 0 Å². The number of rotatable bonds is 5. The molecule has 0 spiro atoms. The number of aliphatic carboxylic acids is 3. The molecule has 1 aliphatic rings. The third-order valence-corrected chi connectivity index (χ3v) is 7.26. The van der Waals surface area contributed by atoms with Crippen LogP contribution in [0.4, 0.5) is 56.7 Å². The maximum atomic E-state index is 12.6. The number of carbonyl (C=O) groups is 4. The van der Waals surface area contributed by atoms with Gasteiger partial charge in [-0.25, -0.2) is 24.4 Å². The predicted molar refractivity (Wildman–Crippen MR) is 183 cm³/mol. The van der Waals surface area contributed by atoms with Crippen LogP contribution in [0.2, 0.25) is 0 Å². The number of carboxylic acid groups (broad SMARTS) is 3. The minimum absolute atomic E-state index is 0.108. The van der Waals surface area contributed by atoms with Gasteiger partial charge in [-0.3, -0.25) is 9.89 Å². The van der Waals surface area contributed by atoms with E-state index in [1.807, 2.05) is 67.0 Å². The van der Waals surface area contributed by atoms with Gasteiger partial charge in [0.2, 0.25) is 0 Å². The van der Waals surface area contributed by atoms with Crippen molar-refractivity contribution in [2.75, 3.05) is 41.3 Å². The monoisotopic (exact) mass is 817 g/mol. The third-order valence-electron chi connectivity index (χ3n) is 7.26. The fourth-order valence-corrected chi connectivity index (χ4v) is 4.63. The molecule has 0 bridgehead atoms. The van der Waals surface area contributed by atoms with Crippen molar-refractivity contribution in [2.24, 2.45) is 0 Å². The normalized spacial score (nSPS) is 12.8. The molecular formula is C34H28F9N7O7. The molecule has 6 rings (SSSR count). The molecule has 1 amide bonds. The zero-order valence-electron chi connectivity index (χ0n) is 28.6. The van der Waals surface area contributed by atoms with Gasteiger partial charge in [0.15, 0.2) is 0 Å². The number of alkyl halides is 9. The van der Waals surface area contributed by atoms with Gasteiger partial charge < -0.3 is 30.4 Å². The first-order valence-corrected chi connectivity index (χ1v) is 15.7. The van der Waals surface area contributed by atoms with Gasteiger partial charge in [0.25, 0.3) is 5.91 Å². The molecule has 23 heteroatoms. The van der Waals surface area contributed by atoms with Gasteiger partial charge in [0, 0.05) is 60.3 Å². The fraction of sp³-hybridized carbons (Fsp3) is 0.206. The number of H-pyrrole nitrogens is 1. The average molecular weight is 818 g/mol. The summed E-state index contributed by atoms with van der Waals surface area (Å²) in [4.78, 5) is 53.0. The van der Waals surface area contributed by atoms with Crippen LogP contribution in [0.1, 0.15) is 10.4 Å². The third kappa shape index (κ3) is 13.7. The predicted octanol–water partition coefficient (Wildman–Crippen LogP) is 6.50. The minimum Gasteiger partial charge on any atom is -0.475 e. The lowest BCUT2D eigenvalue weighted by Gasteiger charge is -2.37. The average Bonchev–Trinajstić information content (AvgIpc) is 3.70. The molecule has 304 valence electrons. The minimum atomic E-state index is -5.08. The van der Waals surface area contributed by atoms with E-state index in [9.17, 15) is 44.3 Å². The van der Waals surface area contributed by atoms with Gasteiger partial charge in [-0.2, -0.15) is 44.6 Å². The second-order valence-corrected chi connectivity index (χ2v) is 11.2. The topological polar surface area (TPSA) is 202 Å². The molecule has 0 aliphatic carbocycles. The number of hydrogen-bond acceptors (Lipinski definition) is 9. The quantitative estimate of drug-likeness (QED) is 0.121. The summed E-state index contributed by atoms with van der Waals surface area (Å²) in [5.41, 5.74) is 5.57. The molecule has 3 aromatic carbocycles. The molecule has 14 nitrogen and oxygen atoms in total. The van der Waals surface area contributed by atoms with E-state index in [-0.39, 0.29) is 5.91 Å². The first-order valence-electron chi connectivity index (χ1n) is 15.7. The van der Waals surface area contributed by atoms with E-state index in [0.29, 0.717) is 5.56 Å². The molecule has 1 fully saturated rings. The Labute approximate surface area is 314 Å². The van der Waals surface area contributed by atoms with Crippen molar-refractivity contribution in [3.63, 3.8) is 0 Å². The molecule has 0 radical (unpaired) electrons. The molecule has 0 unspecified atom stereocenters. The molecule has 0 saturated carbocycles. The van der Waals surface area contributed by atoms with Crippen LogP contribution in [0, 0.1) is 0 Å². The van der Waals surface area contributed by atoms with Gasteiger partial charge in [-0.15, -0.1) is 0 Å². The SMILES string of the molecule is O=C(Nc1cccc(N2CCN(c3ncnc4ccc(-c5cn[nH]c5)cc34)CC2)c1)c1ccccc1.O=C(O)C(F)(F)F.O=C(O)C(F)(F)F.O=C(O)C(F)(F)F. The zero-order valence-corrected chi connectivity index (χ0v) is 28.6. The summed E-state index contributed by atoms with van der Waals surface area (Å²) in [6.45, 7) is 3.37. The summed E-state index contributed by atoms with van der Waals surface area (Å²) in [6.07, 6.45) is -9.90. The van der Waals surface area contributed by atoms with Gasteiger partial charge in [0.05, 0.1) is 11.7 Å². The first-order chi connectivity index (χ1) is 26.6. The number of carboxylic acids is 3. The lowest BCUT2D eigenvalue weighted by atomic mass is 10.1. The van der Waals surface area contributed by atoms with Crippen molar-refractivity contribution in [3.8, 4) is 11.1 Å². The lowest BCUT2D eigenvalue weighted by Crippen LogP contribution is -2.47. The summed E-state index contributed by atoms with van der Waals surface area (Å²) in [7, 11) is 0. The number of nitrogens with one attached hydrogen (secondary N) is 2. The molecule has 5 aromatic rings. The molecule has 57 heavy (non-hydrogen) atoms. The highest BCUT2D eigenvalue weighted by molar-refractivity contribution is 6.04. The number of amides is 1. The Hall–Kier alpha value is -6.94. The van der Waals surface area contributed by atoms with E-state index >= 15 is 0 Å². The Morgan fingerprint density at radius 1 is 0.649 bits per heavy atom. The molecule has 1 saturated heterocycles. The van der Waals surface area contributed by atoms with E-state index < -0.39 is 36.4 Å². The fourth-order valence-electron chi connectivity index (χ4n) is 4.63. The van der Waals surface area contributed by atoms with Gasteiger partial charge >= 0.3 is 36.4 Å². The van der Waals surface area contributed by atoms with Crippen LogP contribution in [0.25, 0.3) is 22.0 Å². The summed E-state index contributed by atoms with van der Waals surface area (Å²) in [5, 5.41) is 32.4. The number of piperazine rings is 1. The van der Waals surface area contributed by atoms with Crippen LogP contribution in [-0.4, -0.2) is 104 Å². The molecule has 0 atom stereocenters. The van der Waals surface area contributed by atoms with E-state index in [0.717, 1.165) is 65.4 Å². The molecule has 1 aliphatic heterocycles. The molecule has 2 aromatic heterocycles. The summed E-state index contributed by atoms with van der Waals surface area (Å²) >= 11 is 0. The highest BCUT2D eigenvalue weighted by Gasteiger charge is 2.39. The Morgan fingerprint density at radius 3 is 1.70 bits per heavy atom. The standard InChI is InChI=1S/C28H25N7O.3C2HF3O2/c36-28(20-5-2-1-3-6-20)33-23-7-4-8-24(16-23)34-11-13-35(14-12-34)27-25-15-21(22-17-31-32-18-22)9-10-26(25)29-19-30-27;3*3-2(4,5)1(6)7/h1-10,15-19H,11-14H2,(H,31,32)(H,33,36);3*(H,6,7). The molecule has 5 N–H and O–H groups in total. The number of aromatic amines is 1. The summed E-state index contributed by atoms with van der Waals surface area (Å²) in [5.74, 6) is -7.43. The largest absolute Gasteiger partial charge is 0.490 e. The van der Waals surface area contributed by atoms with E-state index in [1.165, 1.54) is 0 Å². The number of fused-ring (bicyclic) bond motifs is 1. The van der Waals surface area contributed by atoms with Crippen molar-refractivity contribution in [1.82, 2.24) is 20.2 Å². The summed E-state index contributed by atoms with van der Waals surface area (Å²) in [6, 6.07) is 23.5. The van der Waals surface area contributed by atoms with Crippen LogP contribution < -0.4 is 15.1 Å². The Kier molecular flexibility index (Phi) is 14.9. The van der Waals surface area contributed by atoms with Gasteiger partial charge in [0.1, 0.15) is 12.1 Å². The second-order valence-electron chi connectivity index (χ2n) is 11.2. The second kappa shape index (κ2) is 19.1. The van der Waals surface area contributed by atoms with Crippen LogP contribution in [0.15, 0.2) is 91.5 Å². The number of hydrogen-bond donors (Lipinski definition) is 5. The number of carbonyl (C=O) groups excluding carboxylic acids is 1. The van der Waals surface area contributed by atoms with Crippen molar-refractivity contribution < 1.29 is 74.0 Å². The highest BCUT2D eigenvalue weighted by Crippen LogP contribution is 2.30. The van der Waals surface area contributed by atoms with Crippen LogP contribution in [0.5, 0.6) is 0 Å². The Morgan fingerprint density at radius 2 is 1.19 bits per heavy atom. The van der Waals surface area contributed by atoms with Crippen LogP contribution in [0.3, 0.4) is 0 Å². The number of halogens is 9.